The first kappa shape index (κ1) is 27.3. The summed E-state index contributed by atoms with van der Waals surface area (Å²) < 4.78 is 63.5. The van der Waals surface area contributed by atoms with E-state index >= 15 is 0 Å². The van der Waals surface area contributed by atoms with Gasteiger partial charge in [-0.3, -0.25) is 4.98 Å². The van der Waals surface area contributed by atoms with Crippen molar-refractivity contribution in [2.75, 3.05) is 36.8 Å². The molecule has 0 unspecified atom stereocenters. The van der Waals surface area contributed by atoms with E-state index < -0.39 is 24.3 Å². The highest BCUT2D eigenvalue weighted by Gasteiger charge is 2.38. The number of nitrogen functional groups attached to an aromatic ring is 1. The Balaban J connectivity index is 0.000000324. The second-order valence-electron chi connectivity index (χ2n) is 6.04. The number of pyridine rings is 1. The van der Waals surface area contributed by atoms with Crippen LogP contribution in [0.3, 0.4) is 0 Å². The van der Waals surface area contributed by atoms with Gasteiger partial charge < -0.3 is 26.2 Å². The molecule has 3 heterocycles. The number of nitrogens with two attached hydrogens (primary N) is 1. The third-order valence-electron chi connectivity index (χ3n) is 3.66. The summed E-state index contributed by atoms with van der Waals surface area (Å²) in [4.78, 5) is 32.9. The van der Waals surface area contributed by atoms with Crippen LogP contribution >= 0.6 is 0 Å². The molecular weight excluding hydrogens is 466 g/mol. The average Bonchev–Trinajstić information content (AvgIpc) is 2.75. The number of carboxylic acids is 2. The number of anilines is 2. The monoisotopic (exact) mass is 484 g/mol. The highest BCUT2D eigenvalue weighted by Crippen LogP contribution is 2.23. The molecule has 33 heavy (non-hydrogen) atoms. The van der Waals surface area contributed by atoms with Crippen molar-refractivity contribution in [3.63, 3.8) is 0 Å². The van der Waals surface area contributed by atoms with E-state index in [0.29, 0.717) is 5.82 Å². The minimum atomic E-state index is -5.08. The largest absolute Gasteiger partial charge is 0.490 e. The van der Waals surface area contributed by atoms with Gasteiger partial charge in [0.1, 0.15) is 0 Å². The standard InChI is InChI=1S/C13H16N6.2C2HF3O2/c14-12-13(19-7-5-16-6-8-19)18-11(9-17-12)10-1-3-15-4-2-10;2*3-2(4,5)1(6)7/h1-4,9,16H,5-8H2,(H2,14,17);2*(H,6,7). The normalized spacial score (nSPS) is 13.7. The molecule has 5 N–H and O–H groups in total. The molecule has 0 spiro atoms. The number of nitrogens with one attached hydrogen (secondary N) is 1. The molecule has 0 amide bonds. The van der Waals surface area contributed by atoms with Crippen molar-refractivity contribution in [3.8, 4) is 11.3 Å². The van der Waals surface area contributed by atoms with Gasteiger partial charge in [-0.25, -0.2) is 19.6 Å². The van der Waals surface area contributed by atoms with Crippen LogP contribution in [0.2, 0.25) is 0 Å². The summed E-state index contributed by atoms with van der Waals surface area (Å²) in [5.74, 6) is -4.25. The fourth-order valence-corrected chi connectivity index (χ4v) is 2.16. The molecule has 0 atom stereocenters. The molecule has 2 aromatic rings. The molecule has 0 radical (unpaired) electrons. The average molecular weight is 484 g/mol. The summed E-state index contributed by atoms with van der Waals surface area (Å²) in [6.07, 6.45) is -4.97. The fourth-order valence-electron chi connectivity index (χ4n) is 2.16. The maximum absolute atomic E-state index is 10.6. The number of aliphatic carboxylic acids is 2. The van der Waals surface area contributed by atoms with Gasteiger partial charge in [0, 0.05) is 44.1 Å². The Labute approximate surface area is 182 Å². The van der Waals surface area contributed by atoms with Gasteiger partial charge in [0.2, 0.25) is 0 Å². The maximum Gasteiger partial charge on any atom is 0.490 e. The molecule has 2 aromatic heterocycles. The van der Waals surface area contributed by atoms with E-state index in [4.69, 9.17) is 25.5 Å². The number of aromatic nitrogens is 3. The Bertz CT molecular complexity index is 896. The Hall–Kier alpha value is -3.69. The van der Waals surface area contributed by atoms with E-state index in [1.165, 1.54) is 0 Å². The SMILES string of the molecule is Nc1ncc(-c2ccncc2)nc1N1CCNCC1.O=C(O)C(F)(F)F.O=C(O)C(F)(F)F. The number of hydrogen-bond acceptors (Lipinski definition) is 8. The number of alkyl halides is 6. The van der Waals surface area contributed by atoms with Crippen molar-refractivity contribution >= 4 is 23.6 Å². The van der Waals surface area contributed by atoms with Gasteiger partial charge in [-0.1, -0.05) is 0 Å². The van der Waals surface area contributed by atoms with Crippen molar-refractivity contribution in [2.45, 2.75) is 12.4 Å². The van der Waals surface area contributed by atoms with Crippen LogP contribution in [-0.2, 0) is 9.59 Å². The van der Waals surface area contributed by atoms with E-state index in [0.717, 1.165) is 43.3 Å². The van der Waals surface area contributed by atoms with Crippen LogP contribution in [0.4, 0.5) is 38.0 Å². The first-order valence-corrected chi connectivity index (χ1v) is 8.82. The van der Waals surface area contributed by atoms with Crippen molar-refractivity contribution in [1.82, 2.24) is 20.3 Å². The van der Waals surface area contributed by atoms with Crippen molar-refractivity contribution in [1.29, 1.82) is 0 Å². The van der Waals surface area contributed by atoms with Crippen LogP contribution < -0.4 is 16.0 Å². The van der Waals surface area contributed by atoms with Gasteiger partial charge in [-0.05, 0) is 12.1 Å². The molecule has 0 bridgehead atoms. The molecule has 1 aliphatic heterocycles. The molecular formula is C17H18F6N6O4. The molecule has 1 aliphatic rings. The van der Waals surface area contributed by atoms with E-state index in [2.05, 4.69) is 25.2 Å². The van der Waals surface area contributed by atoms with Crippen LogP contribution in [0.5, 0.6) is 0 Å². The molecule has 182 valence electrons. The second kappa shape index (κ2) is 11.8. The number of hydrogen-bond donors (Lipinski definition) is 4. The highest BCUT2D eigenvalue weighted by atomic mass is 19.4. The quantitative estimate of drug-likeness (QED) is 0.464. The summed E-state index contributed by atoms with van der Waals surface area (Å²) >= 11 is 0. The zero-order valence-electron chi connectivity index (χ0n) is 16.6. The highest BCUT2D eigenvalue weighted by molar-refractivity contribution is 5.73. The first-order chi connectivity index (χ1) is 15.2. The van der Waals surface area contributed by atoms with Crippen LogP contribution in [0.25, 0.3) is 11.3 Å². The molecule has 10 nitrogen and oxygen atoms in total. The van der Waals surface area contributed by atoms with Gasteiger partial charge in [0.25, 0.3) is 0 Å². The number of carbonyl (C=O) groups is 2. The molecule has 3 rings (SSSR count). The Morgan fingerprint density at radius 2 is 1.42 bits per heavy atom. The molecule has 0 saturated carbocycles. The summed E-state index contributed by atoms with van der Waals surface area (Å²) in [5, 5.41) is 17.6. The molecule has 1 saturated heterocycles. The van der Waals surface area contributed by atoms with E-state index in [9.17, 15) is 26.3 Å². The zero-order chi connectivity index (χ0) is 25.2. The Morgan fingerprint density at radius 1 is 0.970 bits per heavy atom. The van der Waals surface area contributed by atoms with Gasteiger partial charge in [0.05, 0.1) is 11.9 Å². The minimum absolute atomic E-state index is 0.486. The lowest BCUT2D eigenvalue weighted by molar-refractivity contribution is -0.193. The van der Waals surface area contributed by atoms with Crippen molar-refractivity contribution in [3.05, 3.63) is 30.7 Å². The molecule has 0 aliphatic carbocycles. The van der Waals surface area contributed by atoms with Gasteiger partial charge in [-0.2, -0.15) is 26.3 Å². The first-order valence-electron chi connectivity index (χ1n) is 8.82. The summed E-state index contributed by atoms with van der Waals surface area (Å²) in [6.45, 7) is 3.69. The summed E-state index contributed by atoms with van der Waals surface area (Å²) in [7, 11) is 0. The lowest BCUT2D eigenvalue weighted by atomic mass is 10.2. The molecule has 0 aromatic carbocycles. The maximum atomic E-state index is 10.6. The Morgan fingerprint density at radius 3 is 1.85 bits per heavy atom. The summed E-state index contributed by atoms with van der Waals surface area (Å²) in [5.41, 5.74) is 7.77. The van der Waals surface area contributed by atoms with Crippen LogP contribution in [-0.4, -0.2) is 75.6 Å². The molecule has 16 heteroatoms. The number of nitrogens with zero attached hydrogens (tertiary/aromatic N) is 4. The van der Waals surface area contributed by atoms with E-state index in [1.54, 1.807) is 18.6 Å². The van der Waals surface area contributed by atoms with Crippen LogP contribution in [0.15, 0.2) is 30.7 Å². The minimum Gasteiger partial charge on any atom is -0.475 e. The van der Waals surface area contributed by atoms with Crippen molar-refractivity contribution in [2.24, 2.45) is 0 Å². The lowest BCUT2D eigenvalue weighted by Crippen LogP contribution is -2.44. The van der Waals surface area contributed by atoms with Crippen molar-refractivity contribution < 1.29 is 46.1 Å². The topological polar surface area (TPSA) is 155 Å². The van der Waals surface area contributed by atoms with Gasteiger partial charge in [-0.15, -0.1) is 0 Å². The second-order valence-corrected chi connectivity index (χ2v) is 6.04. The smallest absolute Gasteiger partial charge is 0.475 e. The number of piperazine rings is 1. The van der Waals surface area contributed by atoms with Crippen LogP contribution in [0.1, 0.15) is 0 Å². The zero-order valence-corrected chi connectivity index (χ0v) is 16.6. The fraction of sp³-hybridized carbons (Fsp3) is 0.353. The number of carboxylic acid groups (broad SMARTS) is 2. The van der Waals surface area contributed by atoms with Crippen LogP contribution in [0, 0.1) is 0 Å². The van der Waals surface area contributed by atoms with Gasteiger partial charge >= 0.3 is 24.3 Å². The third kappa shape index (κ3) is 9.55. The lowest BCUT2D eigenvalue weighted by Gasteiger charge is -2.29. The number of halogens is 6. The summed E-state index contributed by atoms with van der Waals surface area (Å²) in [6, 6.07) is 3.84. The number of rotatable bonds is 2. The van der Waals surface area contributed by atoms with E-state index in [-0.39, 0.29) is 0 Å². The Kier molecular flexibility index (Phi) is 9.77. The molecule has 1 fully saturated rings. The van der Waals surface area contributed by atoms with E-state index in [1.807, 2.05) is 12.1 Å². The predicted molar refractivity (Wildman–Crippen MR) is 102 cm³/mol. The third-order valence-corrected chi connectivity index (χ3v) is 3.66. The van der Waals surface area contributed by atoms with Gasteiger partial charge in [0.15, 0.2) is 11.6 Å². The predicted octanol–water partition coefficient (Wildman–Crippen LogP) is 1.80.